The Bertz CT molecular complexity index is 2180. The summed E-state index contributed by atoms with van der Waals surface area (Å²) in [5.41, 5.74) is 11.6. The number of nitrogens with two attached hydrogens (primary N) is 2. The van der Waals surface area contributed by atoms with Crippen LogP contribution in [0.1, 0.15) is 34.7 Å². The lowest BCUT2D eigenvalue weighted by atomic mass is 10.1. The Morgan fingerprint density at radius 2 is 1.05 bits per heavy atom. The van der Waals surface area contributed by atoms with E-state index in [4.69, 9.17) is 74.2 Å². The van der Waals surface area contributed by atoms with Gasteiger partial charge in [-0.2, -0.15) is 41.5 Å². The smallest absolute Gasteiger partial charge is 0.429 e. The number of nitrogen functional groups attached to an aromatic ring is 2. The lowest BCUT2D eigenvalue weighted by molar-refractivity contribution is -0.206. The van der Waals surface area contributed by atoms with Crippen LogP contribution >= 0.6 is 58.0 Å². The van der Waals surface area contributed by atoms with Crippen molar-refractivity contribution in [2.45, 2.75) is 38.4 Å². The van der Waals surface area contributed by atoms with Gasteiger partial charge in [0, 0.05) is 45.7 Å². The van der Waals surface area contributed by atoms with Crippen molar-refractivity contribution in [3.05, 3.63) is 121 Å². The molecule has 0 fully saturated rings. The van der Waals surface area contributed by atoms with Crippen LogP contribution in [-0.2, 0) is 0 Å². The fraction of sp³-hybridized carbons (Fsp3) is 0.188. The minimum atomic E-state index is -4.77. The normalized spacial score (nSPS) is 12.5. The predicted octanol–water partition coefficient (Wildman–Crippen LogP) is 9.34. The molecule has 55 heavy (non-hydrogen) atoms. The highest BCUT2D eigenvalue weighted by Gasteiger charge is 2.45. The van der Waals surface area contributed by atoms with Crippen LogP contribution in [0.3, 0.4) is 0 Å². The molecule has 2 aromatic carbocycles. The van der Waals surface area contributed by atoms with Crippen LogP contribution in [0.4, 0.5) is 38.2 Å². The van der Waals surface area contributed by atoms with Crippen molar-refractivity contribution in [2.75, 3.05) is 11.5 Å². The molecule has 0 saturated heterocycles. The summed E-state index contributed by atoms with van der Waals surface area (Å²) >= 11 is 28.4. The number of hydrogen-bond donors (Lipinski definition) is 3. The Morgan fingerprint density at radius 1 is 0.618 bits per heavy atom. The summed E-state index contributed by atoms with van der Waals surface area (Å²) in [6.45, 7) is 3.42. The van der Waals surface area contributed by atoms with Crippen molar-refractivity contribution in [2.24, 2.45) is 0 Å². The van der Waals surface area contributed by atoms with E-state index >= 15 is 0 Å². The van der Waals surface area contributed by atoms with Crippen LogP contribution in [0.15, 0.2) is 73.1 Å². The third kappa shape index (κ3) is 12.2. The average molecular weight is 873 g/mol. The summed E-state index contributed by atoms with van der Waals surface area (Å²) < 4.78 is 86.9. The minimum Gasteiger partial charge on any atom is -0.459 e. The predicted molar refractivity (Wildman–Crippen MR) is 195 cm³/mol. The van der Waals surface area contributed by atoms with Gasteiger partial charge < -0.3 is 21.3 Å². The molecule has 0 bridgehead atoms. The number of aliphatic hydroxyl groups excluding tert-OH is 1. The first-order chi connectivity index (χ1) is 25.6. The second kappa shape index (κ2) is 17.9. The van der Waals surface area contributed by atoms with Gasteiger partial charge in [-0.1, -0.05) is 70.1 Å². The molecule has 12 nitrogen and oxygen atoms in total. The van der Waals surface area contributed by atoms with Crippen LogP contribution in [-0.4, -0.2) is 57.0 Å². The van der Waals surface area contributed by atoms with E-state index in [1.165, 1.54) is 58.2 Å². The Kier molecular flexibility index (Phi) is 14.0. The lowest BCUT2D eigenvalue weighted by Crippen LogP contribution is -2.28. The summed E-state index contributed by atoms with van der Waals surface area (Å²) in [6, 6.07) is 13.5. The molecule has 0 unspecified atom stereocenters. The van der Waals surface area contributed by atoms with E-state index in [-0.39, 0.29) is 59.9 Å². The van der Waals surface area contributed by atoms with Gasteiger partial charge in [0.1, 0.15) is 15.5 Å². The van der Waals surface area contributed by atoms with Gasteiger partial charge in [-0.25, -0.2) is 24.3 Å². The van der Waals surface area contributed by atoms with E-state index in [9.17, 15) is 31.4 Å². The van der Waals surface area contributed by atoms with E-state index in [0.29, 0.717) is 11.4 Å². The number of rotatable bonds is 6. The van der Waals surface area contributed by atoms with Gasteiger partial charge in [-0.3, -0.25) is 0 Å². The Hall–Kier alpha value is -4.59. The van der Waals surface area contributed by atoms with Crippen molar-refractivity contribution >= 4 is 69.9 Å². The molecule has 6 rings (SSSR count). The van der Waals surface area contributed by atoms with Gasteiger partial charge >= 0.3 is 12.4 Å². The fourth-order valence-electron chi connectivity index (χ4n) is 4.47. The monoisotopic (exact) mass is 870 g/mol. The molecule has 6 aromatic rings. The maximum Gasteiger partial charge on any atom is 0.429 e. The molecule has 0 aliphatic heterocycles. The van der Waals surface area contributed by atoms with Gasteiger partial charge in [-0.15, -0.1) is 0 Å². The van der Waals surface area contributed by atoms with Gasteiger partial charge in [0.15, 0.2) is 6.10 Å². The second-order valence-electron chi connectivity index (χ2n) is 11.0. The molecular weight excluding hydrogens is 848 g/mol. The number of nitrogens with zero attached hydrogens (tertiary/aromatic N) is 8. The van der Waals surface area contributed by atoms with Crippen molar-refractivity contribution in [3.8, 4) is 17.3 Å². The number of aryl methyl sites for hydroxylation is 2. The number of anilines is 2. The van der Waals surface area contributed by atoms with Crippen LogP contribution in [0.5, 0.6) is 5.88 Å². The highest BCUT2D eigenvalue weighted by molar-refractivity contribution is 6.33. The molecule has 0 aliphatic rings. The quantitative estimate of drug-likeness (QED) is 0.108. The molecule has 4 heterocycles. The highest BCUT2D eigenvalue weighted by Crippen LogP contribution is 2.40. The van der Waals surface area contributed by atoms with Crippen molar-refractivity contribution in [1.29, 1.82) is 0 Å². The zero-order valence-corrected chi connectivity index (χ0v) is 31.6. The summed E-state index contributed by atoms with van der Waals surface area (Å²) in [6.07, 6.45) is -11.4. The third-order valence-corrected chi connectivity index (χ3v) is 7.77. The molecular formula is C32H25Cl5F6N10O2. The molecule has 2 atom stereocenters. The van der Waals surface area contributed by atoms with E-state index in [1.54, 1.807) is 26.0 Å². The number of ether oxygens (including phenoxy) is 1. The third-order valence-electron chi connectivity index (χ3n) is 6.72. The number of hydrogen-bond acceptors (Lipinski definition) is 10. The first-order valence-electron chi connectivity index (χ1n) is 15.0. The van der Waals surface area contributed by atoms with Crippen LogP contribution in [0.25, 0.3) is 11.4 Å². The summed E-state index contributed by atoms with van der Waals surface area (Å²) in [7, 11) is 0. The lowest BCUT2D eigenvalue weighted by Gasteiger charge is -2.24. The maximum absolute atomic E-state index is 13.8. The molecule has 0 spiro atoms. The van der Waals surface area contributed by atoms with Crippen LogP contribution < -0.4 is 16.2 Å². The van der Waals surface area contributed by atoms with Crippen molar-refractivity contribution < 1.29 is 36.2 Å². The van der Waals surface area contributed by atoms with Crippen molar-refractivity contribution in [3.63, 3.8) is 0 Å². The second-order valence-corrected chi connectivity index (χ2v) is 13.0. The molecule has 292 valence electrons. The molecule has 5 N–H and O–H groups in total. The Labute approximate surface area is 332 Å². The van der Waals surface area contributed by atoms with E-state index in [0.717, 1.165) is 12.1 Å². The van der Waals surface area contributed by atoms with E-state index in [2.05, 4.69) is 30.1 Å². The van der Waals surface area contributed by atoms with E-state index in [1.807, 2.05) is 0 Å². The Balaban J connectivity index is 0.000000207. The SMILES string of the molecule is Cc1ccn(-c2cc(Cl)ccc2[C@@H](O)C(F)(F)F)n1.Cc1ccn(-c2cc(Cl)ccc2[C@@H](Oc2cc(Cl)nc(N)n2)C(F)(F)F)n1.Nc1nc(Cl)cc(Cl)n1. The number of halogens is 11. The Morgan fingerprint density at radius 3 is 1.45 bits per heavy atom. The standard InChI is InChI=1S/C16H12Cl2F3N5O.C12H10ClF3N2O.C4H3Cl2N3/c1-8-4-5-26(25-8)11-6-9(17)2-3-10(11)14(16(19,20)21)27-13-7-12(18)23-15(22)24-13;1-7-4-5-18(17-7)10-6-8(13)2-3-9(10)11(19)12(14,15)16;5-2-1-3(6)9-4(7)8-2/h2-7,14H,1H3,(H2,22,23,24);2-6,11,19H,1H3;1H,(H2,7,8,9)/t14-;11-;/m11./s1. The topological polar surface area (TPSA) is 169 Å². The largest absolute Gasteiger partial charge is 0.459 e. The zero-order valence-electron chi connectivity index (χ0n) is 27.8. The maximum atomic E-state index is 13.8. The first-order valence-corrected chi connectivity index (χ1v) is 16.9. The number of alkyl halides is 6. The molecule has 23 heteroatoms. The van der Waals surface area contributed by atoms with Crippen LogP contribution in [0, 0.1) is 13.8 Å². The molecule has 0 radical (unpaired) electrons. The summed E-state index contributed by atoms with van der Waals surface area (Å²) in [4.78, 5) is 14.4. The fourth-order valence-corrected chi connectivity index (χ4v) is 5.41. The molecule has 0 saturated carbocycles. The first kappa shape index (κ1) is 43.1. The zero-order chi connectivity index (χ0) is 40.8. The number of aromatic nitrogens is 8. The van der Waals surface area contributed by atoms with Gasteiger partial charge in [0.2, 0.25) is 23.9 Å². The molecule has 0 amide bonds. The van der Waals surface area contributed by atoms with E-state index < -0.39 is 30.4 Å². The molecule has 4 aromatic heterocycles. The van der Waals surface area contributed by atoms with Crippen LogP contribution in [0.2, 0.25) is 25.5 Å². The van der Waals surface area contributed by atoms with Gasteiger partial charge in [-0.05, 0) is 50.2 Å². The number of benzene rings is 2. The highest BCUT2D eigenvalue weighted by atomic mass is 35.5. The number of aliphatic hydroxyl groups is 1. The average Bonchev–Trinajstić information content (AvgIpc) is 3.70. The van der Waals surface area contributed by atoms with Gasteiger partial charge in [0.25, 0.3) is 0 Å². The van der Waals surface area contributed by atoms with Gasteiger partial charge in [0.05, 0.1) is 22.8 Å². The summed E-state index contributed by atoms with van der Waals surface area (Å²) in [5, 5.41) is 18.5. The van der Waals surface area contributed by atoms with Crippen molar-refractivity contribution in [1.82, 2.24) is 39.5 Å². The molecule has 0 aliphatic carbocycles. The minimum absolute atomic E-state index is 0.0903. The summed E-state index contributed by atoms with van der Waals surface area (Å²) in [5.74, 6) is -0.627.